The number of anilines is 1. The fraction of sp³-hybridized carbons (Fsp3) is 0.286. The van der Waals surface area contributed by atoms with E-state index in [2.05, 4.69) is 26.0 Å². The Hall–Kier alpha value is -2.21. The fourth-order valence-electron chi connectivity index (χ4n) is 0.825. The van der Waals surface area contributed by atoms with Crippen LogP contribution in [0.2, 0.25) is 0 Å². The molecule has 0 aromatic carbocycles. The third-order valence-electron chi connectivity index (χ3n) is 1.41. The van der Waals surface area contributed by atoms with Crippen molar-refractivity contribution in [3.8, 4) is 12.3 Å². The predicted octanol–water partition coefficient (Wildman–Crippen LogP) is -0.515. The van der Waals surface area contributed by atoms with Gasteiger partial charge in [0.1, 0.15) is 6.54 Å². The van der Waals surface area contributed by atoms with Gasteiger partial charge in [0.05, 0.1) is 6.54 Å². The van der Waals surface area contributed by atoms with Crippen LogP contribution in [0, 0.1) is 12.3 Å². The lowest BCUT2D eigenvalue weighted by molar-refractivity contribution is -0.137. The summed E-state index contributed by atoms with van der Waals surface area (Å²) in [5.74, 6) is 1.04. The van der Waals surface area contributed by atoms with Gasteiger partial charge < -0.3 is 10.0 Å². The number of terminal acetylenes is 1. The topological polar surface area (TPSA) is 108 Å². The minimum absolute atomic E-state index is 0.107. The first-order chi connectivity index (χ1) is 7.63. The van der Waals surface area contributed by atoms with Gasteiger partial charge in [0, 0.05) is 11.5 Å². The number of hydrogen-bond donors (Lipinski definition) is 2. The van der Waals surface area contributed by atoms with Gasteiger partial charge in [-0.05, 0) is 5.21 Å². The van der Waals surface area contributed by atoms with Crippen molar-refractivity contribution in [3.63, 3.8) is 0 Å². The van der Waals surface area contributed by atoms with Gasteiger partial charge in [-0.1, -0.05) is 15.5 Å². The zero-order valence-electron chi connectivity index (χ0n) is 7.95. The van der Waals surface area contributed by atoms with Gasteiger partial charge in [-0.15, -0.1) is 6.42 Å². The minimum atomic E-state index is -1.15. The highest BCUT2D eigenvalue weighted by atomic mass is 32.1. The van der Waals surface area contributed by atoms with Crippen LogP contribution in [-0.2, 0) is 4.79 Å². The third kappa shape index (κ3) is 3.50. The first-order valence-corrected chi connectivity index (χ1v) is 4.77. The molecule has 2 N–H and O–H groups in total. The highest BCUT2D eigenvalue weighted by Crippen LogP contribution is 2.05. The number of carboxylic acids is 1. The highest BCUT2D eigenvalue weighted by Gasteiger charge is 2.16. The van der Waals surface area contributed by atoms with Crippen molar-refractivity contribution in [2.75, 3.05) is 18.4 Å². The molecular formula is C7H7N5O3S. The van der Waals surface area contributed by atoms with Gasteiger partial charge in [0.15, 0.2) is 0 Å². The number of carbonyl (C=O) groups is 2. The Balaban J connectivity index is 2.60. The van der Waals surface area contributed by atoms with E-state index in [9.17, 15) is 9.59 Å². The monoisotopic (exact) mass is 241 g/mol. The number of carboxylic acid groups (broad SMARTS) is 1. The lowest BCUT2D eigenvalue weighted by Crippen LogP contribution is -2.39. The first-order valence-electron chi connectivity index (χ1n) is 3.99. The molecule has 84 valence electrons. The van der Waals surface area contributed by atoms with E-state index in [-0.39, 0.29) is 11.7 Å². The Bertz CT molecular complexity index is 412. The third-order valence-corrected chi connectivity index (χ3v) is 1.92. The molecule has 9 heteroatoms. The zero-order valence-corrected chi connectivity index (χ0v) is 8.77. The van der Waals surface area contributed by atoms with Crippen molar-refractivity contribution in [2.45, 2.75) is 0 Å². The Morgan fingerprint density at radius 1 is 1.62 bits per heavy atom. The van der Waals surface area contributed by atoms with Crippen molar-refractivity contribution < 1.29 is 14.7 Å². The molecule has 0 saturated carbocycles. The molecule has 0 aliphatic carbocycles. The largest absolute Gasteiger partial charge is 0.480 e. The van der Waals surface area contributed by atoms with E-state index < -0.39 is 18.5 Å². The normalized spacial score (nSPS) is 9.19. The Morgan fingerprint density at radius 3 is 2.88 bits per heavy atom. The van der Waals surface area contributed by atoms with Gasteiger partial charge in [0.25, 0.3) is 0 Å². The van der Waals surface area contributed by atoms with Gasteiger partial charge in [0.2, 0.25) is 5.13 Å². The van der Waals surface area contributed by atoms with Crippen LogP contribution in [-0.4, -0.2) is 49.9 Å². The minimum Gasteiger partial charge on any atom is -0.480 e. The van der Waals surface area contributed by atoms with Gasteiger partial charge in [-0.25, -0.2) is 4.79 Å². The van der Waals surface area contributed by atoms with Crippen LogP contribution in [0.25, 0.3) is 0 Å². The van der Waals surface area contributed by atoms with E-state index in [1.165, 1.54) is 0 Å². The Kier molecular flexibility index (Phi) is 4.16. The summed E-state index contributed by atoms with van der Waals surface area (Å²) in [6.07, 6.45) is 5.01. The second kappa shape index (κ2) is 5.62. The van der Waals surface area contributed by atoms with Crippen molar-refractivity contribution in [1.82, 2.24) is 19.7 Å². The maximum absolute atomic E-state index is 11.5. The smallest absolute Gasteiger partial charge is 0.325 e. The standard InChI is InChI=1S/C7H7N5O3S/c1-2-3-12(4-5(13)14)7(15)8-6-9-10-11-16-6/h1H,3-4H2,(H,13,14)(H,8,9,11,15). The molecule has 8 nitrogen and oxygen atoms in total. The average Bonchev–Trinajstić information content (AvgIpc) is 2.69. The van der Waals surface area contributed by atoms with Crippen molar-refractivity contribution in [3.05, 3.63) is 0 Å². The quantitative estimate of drug-likeness (QED) is 0.687. The molecular weight excluding hydrogens is 234 g/mol. The molecule has 0 spiro atoms. The summed E-state index contributed by atoms with van der Waals surface area (Å²) in [5, 5.41) is 17.8. The van der Waals surface area contributed by atoms with E-state index in [0.29, 0.717) is 0 Å². The SMILES string of the molecule is C#CCN(CC(=O)O)C(=O)Nc1nnns1. The number of carbonyl (C=O) groups excluding carboxylic acids is 1. The van der Waals surface area contributed by atoms with E-state index >= 15 is 0 Å². The summed E-state index contributed by atoms with van der Waals surface area (Å²) >= 11 is 0.876. The second-order valence-electron chi connectivity index (χ2n) is 2.55. The first kappa shape index (κ1) is 11.9. The van der Waals surface area contributed by atoms with Crippen LogP contribution < -0.4 is 5.32 Å². The van der Waals surface area contributed by atoms with E-state index in [4.69, 9.17) is 11.5 Å². The molecule has 1 aromatic rings. The average molecular weight is 241 g/mol. The van der Waals surface area contributed by atoms with Gasteiger partial charge in [-0.3, -0.25) is 10.1 Å². The molecule has 0 unspecified atom stereocenters. The molecule has 2 amide bonds. The van der Waals surface area contributed by atoms with Crippen LogP contribution in [0.3, 0.4) is 0 Å². The lowest BCUT2D eigenvalue weighted by Gasteiger charge is -2.16. The van der Waals surface area contributed by atoms with Gasteiger partial charge >= 0.3 is 12.0 Å². The molecule has 0 aliphatic rings. The van der Waals surface area contributed by atoms with Crippen LogP contribution in [0.5, 0.6) is 0 Å². The number of urea groups is 1. The van der Waals surface area contributed by atoms with Crippen molar-refractivity contribution >= 4 is 28.7 Å². The predicted molar refractivity (Wildman–Crippen MR) is 54.8 cm³/mol. The molecule has 0 atom stereocenters. The fourth-order valence-corrected chi connectivity index (χ4v) is 1.18. The molecule has 1 rings (SSSR count). The summed E-state index contributed by atoms with van der Waals surface area (Å²) in [7, 11) is 0. The number of rotatable bonds is 4. The number of aliphatic carboxylic acids is 1. The molecule has 0 radical (unpaired) electrons. The van der Waals surface area contributed by atoms with Crippen molar-refractivity contribution in [1.29, 1.82) is 0 Å². The van der Waals surface area contributed by atoms with Crippen LogP contribution in [0.4, 0.5) is 9.93 Å². The summed E-state index contributed by atoms with van der Waals surface area (Å²) in [5.41, 5.74) is 0. The second-order valence-corrected chi connectivity index (χ2v) is 3.28. The van der Waals surface area contributed by atoms with Crippen LogP contribution in [0.15, 0.2) is 0 Å². The summed E-state index contributed by atoms with van der Waals surface area (Å²) in [4.78, 5) is 22.9. The number of hydrogen-bond acceptors (Lipinski definition) is 6. The molecule has 1 heterocycles. The number of amides is 2. The summed E-state index contributed by atoms with van der Waals surface area (Å²) < 4.78 is 3.43. The van der Waals surface area contributed by atoms with E-state index in [1.54, 1.807) is 0 Å². The number of nitrogens with one attached hydrogen (secondary N) is 1. The Morgan fingerprint density at radius 2 is 2.38 bits per heavy atom. The Labute approximate surface area is 94.4 Å². The van der Waals surface area contributed by atoms with Crippen molar-refractivity contribution in [2.24, 2.45) is 0 Å². The number of nitrogens with zero attached hydrogens (tertiary/aromatic N) is 4. The van der Waals surface area contributed by atoms with Crippen LogP contribution in [0.1, 0.15) is 0 Å². The molecule has 0 aliphatic heterocycles. The lowest BCUT2D eigenvalue weighted by atomic mass is 10.5. The maximum atomic E-state index is 11.5. The van der Waals surface area contributed by atoms with Crippen LogP contribution >= 0.6 is 11.5 Å². The van der Waals surface area contributed by atoms with Gasteiger partial charge in [-0.2, -0.15) is 0 Å². The zero-order chi connectivity index (χ0) is 12.0. The number of aromatic nitrogens is 3. The molecule has 0 fully saturated rings. The molecule has 16 heavy (non-hydrogen) atoms. The maximum Gasteiger partial charge on any atom is 0.325 e. The summed E-state index contributed by atoms with van der Waals surface area (Å²) in [6.45, 7) is -0.591. The molecule has 0 bridgehead atoms. The molecule has 1 aromatic heterocycles. The molecule has 0 saturated heterocycles. The summed E-state index contributed by atoms with van der Waals surface area (Å²) in [6, 6.07) is -0.654. The van der Waals surface area contributed by atoms with E-state index in [1.807, 2.05) is 0 Å². The van der Waals surface area contributed by atoms with E-state index in [0.717, 1.165) is 16.4 Å². The highest BCUT2D eigenvalue weighted by molar-refractivity contribution is 7.09.